The molecule has 0 aliphatic carbocycles. The van der Waals surface area contributed by atoms with E-state index in [1.165, 1.54) is 19.1 Å². The van der Waals surface area contributed by atoms with Crippen molar-refractivity contribution in [1.29, 1.82) is 0 Å². The Labute approximate surface area is 99.3 Å². The molecule has 0 saturated carbocycles. The quantitative estimate of drug-likeness (QED) is 0.613. The number of rotatable bonds is 4. The number of methoxy groups -OCH3 is 1. The SMILES string of the molecule is COC(=O)C(C)S(=O)(=O)Nc1ccccc1O. The van der Waals surface area contributed by atoms with Gasteiger partial charge in [0.25, 0.3) is 0 Å². The van der Waals surface area contributed by atoms with Crippen LogP contribution in [0.1, 0.15) is 6.92 Å². The van der Waals surface area contributed by atoms with Gasteiger partial charge in [-0.15, -0.1) is 0 Å². The maximum atomic E-state index is 11.7. The van der Waals surface area contributed by atoms with Crippen LogP contribution in [0.3, 0.4) is 0 Å². The molecule has 7 heteroatoms. The van der Waals surface area contributed by atoms with Crippen LogP contribution in [0.2, 0.25) is 0 Å². The van der Waals surface area contributed by atoms with Gasteiger partial charge in [-0.3, -0.25) is 9.52 Å². The molecule has 0 aliphatic heterocycles. The summed E-state index contributed by atoms with van der Waals surface area (Å²) in [6, 6.07) is 5.83. The maximum Gasteiger partial charge on any atom is 0.325 e. The largest absolute Gasteiger partial charge is 0.506 e. The molecule has 1 unspecified atom stereocenters. The van der Waals surface area contributed by atoms with Gasteiger partial charge >= 0.3 is 5.97 Å². The van der Waals surface area contributed by atoms with Gasteiger partial charge in [0, 0.05) is 0 Å². The zero-order valence-electron chi connectivity index (χ0n) is 9.38. The van der Waals surface area contributed by atoms with Crippen LogP contribution in [0, 0.1) is 0 Å². The lowest BCUT2D eigenvalue weighted by molar-refractivity contribution is -0.139. The molecule has 17 heavy (non-hydrogen) atoms. The topological polar surface area (TPSA) is 92.7 Å². The highest BCUT2D eigenvalue weighted by Gasteiger charge is 2.29. The van der Waals surface area contributed by atoms with Gasteiger partial charge in [0.15, 0.2) is 5.25 Å². The standard InChI is InChI=1S/C10H13NO5S/c1-7(10(13)16-2)17(14,15)11-8-5-3-4-6-9(8)12/h3-7,11-12H,1-2H3. The predicted octanol–water partition coefficient (Wildman–Crippen LogP) is 0.695. The molecule has 0 bridgehead atoms. The lowest BCUT2D eigenvalue weighted by Crippen LogP contribution is -2.33. The Bertz CT molecular complexity index is 511. The van der Waals surface area contributed by atoms with Crippen LogP contribution in [0.25, 0.3) is 0 Å². The number of hydrogen-bond acceptors (Lipinski definition) is 5. The number of sulfonamides is 1. The number of para-hydroxylation sites is 2. The summed E-state index contributed by atoms with van der Waals surface area (Å²) in [5, 5.41) is 8.05. The molecule has 0 aromatic heterocycles. The second kappa shape index (κ2) is 5.05. The van der Waals surface area contributed by atoms with Gasteiger partial charge in [-0.25, -0.2) is 8.42 Å². The number of esters is 1. The summed E-state index contributed by atoms with van der Waals surface area (Å²) in [5.74, 6) is -1.08. The van der Waals surface area contributed by atoms with E-state index in [9.17, 15) is 18.3 Å². The zero-order valence-corrected chi connectivity index (χ0v) is 10.2. The van der Waals surface area contributed by atoms with Crippen LogP contribution < -0.4 is 4.72 Å². The third-order valence-electron chi connectivity index (χ3n) is 2.15. The van der Waals surface area contributed by atoms with Gasteiger partial charge in [-0.2, -0.15) is 0 Å². The van der Waals surface area contributed by atoms with Crippen LogP contribution >= 0.6 is 0 Å². The summed E-state index contributed by atoms with van der Waals surface area (Å²) in [7, 11) is -2.83. The van der Waals surface area contributed by atoms with E-state index < -0.39 is 21.2 Å². The minimum absolute atomic E-state index is 0.0169. The molecule has 0 spiro atoms. The van der Waals surface area contributed by atoms with E-state index in [4.69, 9.17) is 0 Å². The third kappa shape index (κ3) is 3.10. The summed E-state index contributed by atoms with van der Waals surface area (Å²) in [5.41, 5.74) is 0.0169. The van der Waals surface area contributed by atoms with Crippen molar-refractivity contribution in [3.05, 3.63) is 24.3 Å². The van der Waals surface area contributed by atoms with Crippen LogP contribution in [-0.2, 0) is 19.6 Å². The first kappa shape index (κ1) is 13.3. The van der Waals surface area contributed by atoms with Crippen molar-refractivity contribution >= 4 is 21.7 Å². The highest BCUT2D eigenvalue weighted by Crippen LogP contribution is 2.23. The van der Waals surface area contributed by atoms with E-state index in [0.717, 1.165) is 7.11 Å². The summed E-state index contributed by atoms with van der Waals surface area (Å²) in [4.78, 5) is 11.1. The van der Waals surface area contributed by atoms with Crippen molar-refractivity contribution in [2.75, 3.05) is 11.8 Å². The Morgan fingerprint density at radius 1 is 1.41 bits per heavy atom. The van der Waals surface area contributed by atoms with E-state index in [1.54, 1.807) is 12.1 Å². The third-order valence-corrected chi connectivity index (χ3v) is 3.78. The fourth-order valence-electron chi connectivity index (χ4n) is 1.09. The fraction of sp³-hybridized carbons (Fsp3) is 0.300. The number of hydrogen-bond donors (Lipinski definition) is 2. The molecular formula is C10H13NO5S. The molecule has 0 saturated heterocycles. The number of anilines is 1. The average Bonchev–Trinajstić information content (AvgIpc) is 2.30. The first-order chi connectivity index (χ1) is 7.88. The van der Waals surface area contributed by atoms with Gasteiger partial charge in [-0.1, -0.05) is 12.1 Å². The maximum absolute atomic E-state index is 11.7. The molecule has 1 aromatic rings. The lowest BCUT2D eigenvalue weighted by atomic mass is 10.3. The first-order valence-electron chi connectivity index (χ1n) is 4.76. The van der Waals surface area contributed by atoms with E-state index in [0.29, 0.717) is 0 Å². The van der Waals surface area contributed by atoms with Gasteiger partial charge < -0.3 is 9.84 Å². The summed E-state index contributed by atoms with van der Waals surface area (Å²) < 4.78 is 29.9. The number of ether oxygens (including phenoxy) is 1. The monoisotopic (exact) mass is 259 g/mol. The van der Waals surface area contributed by atoms with Gasteiger partial charge in [0.2, 0.25) is 10.0 Å². The molecule has 0 aliphatic rings. The molecule has 1 rings (SSSR count). The van der Waals surface area contributed by atoms with E-state index in [1.807, 2.05) is 0 Å². The highest BCUT2D eigenvalue weighted by molar-refractivity contribution is 7.94. The van der Waals surface area contributed by atoms with Crippen molar-refractivity contribution in [1.82, 2.24) is 0 Å². The van der Waals surface area contributed by atoms with Crippen LogP contribution in [0.15, 0.2) is 24.3 Å². The minimum Gasteiger partial charge on any atom is -0.506 e. The molecule has 0 heterocycles. The van der Waals surface area contributed by atoms with E-state index in [2.05, 4.69) is 9.46 Å². The zero-order chi connectivity index (χ0) is 13.1. The number of benzene rings is 1. The number of nitrogens with one attached hydrogen (secondary N) is 1. The number of aromatic hydroxyl groups is 1. The smallest absolute Gasteiger partial charge is 0.325 e. The molecule has 1 aromatic carbocycles. The Balaban J connectivity index is 2.95. The molecular weight excluding hydrogens is 246 g/mol. The Kier molecular flexibility index (Phi) is 3.95. The normalized spacial score (nSPS) is 12.8. The van der Waals surface area contributed by atoms with E-state index in [-0.39, 0.29) is 11.4 Å². The highest BCUT2D eigenvalue weighted by atomic mass is 32.2. The molecule has 94 valence electrons. The molecule has 0 radical (unpaired) electrons. The second-order valence-corrected chi connectivity index (χ2v) is 5.33. The van der Waals surface area contributed by atoms with Crippen LogP contribution in [0.4, 0.5) is 5.69 Å². The molecule has 6 nitrogen and oxygen atoms in total. The number of carbonyl (C=O) groups is 1. The van der Waals surface area contributed by atoms with Gasteiger partial charge in [0.1, 0.15) is 5.75 Å². The Hall–Kier alpha value is -1.76. The molecule has 2 N–H and O–H groups in total. The van der Waals surface area contributed by atoms with E-state index >= 15 is 0 Å². The lowest BCUT2D eigenvalue weighted by Gasteiger charge is -2.13. The van der Waals surface area contributed by atoms with Gasteiger partial charge in [-0.05, 0) is 19.1 Å². The fourth-order valence-corrected chi connectivity index (χ4v) is 2.10. The van der Waals surface area contributed by atoms with Crippen LogP contribution in [-0.4, -0.2) is 31.9 Å². The van der Waals surface area contributed by atoms with Crippen molar-refractivity contribution in [3.8, 4) is 5.75 Å². The molecule has 0 fully saturated rings. The van der Waals surface area contributed by atoms with Gasteiger partial charge in [0.05, 0.1) is 12.8 Å². The van der Waals surface area contributed by atoms with Crippen molar-refractivity contribution < 1.29 is 23.1 Å². The predicted molar refractivity (Wildman–Crippen MR) is 62.1 cm³/mol. The Morgan fingerprint density at radius 3 is 2.53 bits per heavy atom. The molecule has 0 amide bonds. The summed E-state index contributed by atoms with van der Waals surface area (Å²) >= 11 is 0. The summed E-state index contributed by atoms with van der Waals surface area (Å²) in [6.45, 7) is 1.20. The first-order valence-corrected chi connectivity index (χ1v) is 6.30. The van der Waals surface area contributed by atoms with Crippen molar-refractivity contribution in [2.24, 2.45) is 0 Å². The average molecular weight is 259 g/mol. The Morgan fingerprint density at radius 2 is 2.00 bits per heavy atom. The number of carbonyl (C=O) groups excluding carboxylic acids is 1. The number of phenols is 1. The molecule has 1 atom stereocenters. The van der Waals surface area contributed by atoms with Crippen molar-refractivity contribution in [3.63, 3.8) is 0 Å². The van der Waals surface area contributed by atoms with Crippen LogP contribution in [0.5, 0.6) is 5.75 Å². The number of phenolic OH excluding ortho intramolecular Hbond substituents is 1. The second-order valence-electron chi connectivity index (χ2n) is 3.33. The minimum atomic E-state index is -3.93. The summed E-state index contributed by atoms with van der Waals surface area (Å²) in [6.07, 6.45) is 0. The van der Waals surface area contributed by atoms with Crippen molar-refractivity contribution in [2.45, 2.75) is 12.2 Å².